The number of phosphoric ester groups is 1. The van der Waals surface area contributed by atoms with Gasteiger partial charge in [0.05, 0.1) is 13.2 Å². The van der Waals surface area contributed by atoms with Gasteiger partial charge in [0.15, 0.2) is 6.10 Å². The van der Waals surface area contributed by atoms with E-state index in [1.165, 1.54) is 116 Å². The largest absolute Gasteiger partial charge is 0.480 e. The second kappa shape index (κ2) is 41.7. The Balaban J connectivity index is 4.32. The van der Waals surface area contributed by atoms with E-state index in [-0.39, 0.29) is 19.4 Å². The molecule has 12 heteroatoms. The number of ether oxygens (including phenoxy) is 2. The molecule has 3 atom stereocenters. The molecule has 0 aliphatic carbocycles. The van der Waals surface area contributed by atoms with E-state index in [9.17, 15) is 23.8 Å². The number of carboxylic acids is 1. The molecular formula is C46H86NO10P. The summed E-state index contributed by atoms with van der Waals surface area (Å²) < 4.78 is 32.7. The summed E-state index contributed by atoms with van der Waals surface area (Å²) in [7, 11) is -4.72. The van der Waals surface area contributed by atoms with Crippen molar-refractivity contribution in [3.8, 4) is 0 Å². The van der Waals surface area contributed by atoms with E-state index in [4.69, 9.17) is 24.8 Å². The van der Waals surface area contributed by atoms with Crippen molar-refractivity contribution in [2.75, 3.05) is 19.8 Å². The van der Waals surface area contributed by atoms with Crippen LogP contribution in [0.4, 0.5) is 0 Å². The number of carbonyl (C=O) groups excluding carboxylic acids is 2. The first-order chi connectivity index (χ1) is 28.1. The lowest BCUT2D eigenvalue weighted by Crippen LogP contribution is -2.34. The molecular weight excluding hydrogens is 757 g/mol. The highest BCUT2D eigenvalue weighted by atomic mass is 31.2. The lowest BCUT2D eigenvalue weighted by molar-refractivity contribution is -0.161. The van der Waals surface area contributed by atoms with Crippen LogP contribution >= 0.6 is 7.82 Å². The van der Waals surface area contributed by atoms with Gasteiger partial charge in [0.2, 0.25) is 0 Å². The molecule has 0 aromatic heterocycles. The van der Waals surface area contributed by atoms with E-state index in [1.54, 1.807) is 0 Å². The van der Waals surface area contributed by atoms with Crippen molar-refractivity contribution in [1.82, 2.24) is 0 Å². The monoisotopic (exact) mass is 844 g/mol. The molecule has 4 N–H and O–H groups in total. The predicted molar refractivity (Wildman–Crippen MR) is 236 cm³/mol. The molecule has 0 radical (unpaired) electrons. The molecule has 0 saturated heterocycles. The molecule has 58 heavy (non-hydrogen) atoms. The fourth-order valence-electron chi connectivity index (χ4n) is 6.47. The number of rotatable bonds is 44. The highest BCUT2D eigenvalue weighted by Gasteiger charge is 2.28. The van der Waals surface area contributed by atoms with Gasteiger partial charge in [-0.3, -0.25) is 23.4 Å². The fourth-order valence-corrected chi connectivity index (χ4v) is 7.24. The van der Waals surface area contributed by atoms with Gasteiger partial charge in [-0.05, 0) is 64.2 Å². The van der Waals surface area contributed by atoms with Crippen molar-refractivity contribution >= 4 is 25.7 Å². The summed E-state index contributed by atoms with van der Waals surface area (Å²) in [5.74, 6) is -2.39. The molecule has 0 aliphatic rings. The van der Waals surface area contributed by atoms with E-state index in [1.807, 2.05) is 0 Å². The summed E-state index contributed by atoms with van der Waals surface area (Å²) in [6.45, 7) is 2.81. The molecule has 0 heterocycles. The number of aliphatic carboxylic acids is 1. The molecule has 0 aromatic rings. The van der Waals surface area contributed by atoms with Crippen molar-refractivity contribution in [3.05, 3.63) is 24.3 Å². The maximum atomic E-state index is 12.6. The second-order valence-electron chi connectivity index (χ2n) is 15.9. The summed E-state index contributed by atoms with van der Waals surface area (Å²) in [6, 6.07) is -1.52. The van der Waals surface area contributed by atoms with Crippen LogP contribution < -0.4 is 5.73 Å². The zero-order valence-corrected chi connectivity index (χ0v) is 37.8. The molecule has 0 amide bonds. The number of phosphoric acid groups is 1. The predicted octanol–water partition coefficient (Wildman–Crippen LogP) is 12.6. The molecule has 0 rings (SSSR count). The van der Waals surface area contributed by atoms with Crippen LogP contribution in [-0.4, -0.2) is 59.9 Å². The lowest BCUT2D eigenvalue weighted by Gasteiger charge is -2.20. The van der Waals surface area contributed by atoms with Gasteiger partial charge in [0.25, 0.3) is 0 Å². The second-order valence-corrected chi connectivity index (χ2v) is 17.3. The summed E-state index contributed by atoms with van der Waals surface area (Å²) in [4.78, 5) is 46.0. The number of nitrogens with two attached hydrogens (primary N) is 1. The summed E-state index contributed by atoms with van der Waals surface area (Å²) in [6.07, 6.45) is 43.8. The standard InChI is InChI=1S/C46H86NO10P/c1-3-5-7-9-11-13-15-17-19-21-22-24-26-28-30-32-34-36-38-45(49)57-42(40-55-58(52,53)56-41-43(47)46(50)51)39-54-44(48)37-35-33-31-29-27-25-23-20-18-16-14-12-10-8-6-4-2/h19-21,23,42-43H,3-18,22,24-41,47H2,1-2H3,(H,50,51)(H,52,53)/b21-19-,23-20-. The number of allylic oxidation sites excluding steroid dienone is 4. The number of hydrogen-bond acceptors (Lipinski definition) is 9. The number of esters is 2. The van der Waals surface area contributed by atoms with Crippen LogP contribution in [0.5, 0.6) is 0 Å². The molecule has 0 aromatic carbocycles. The Kier molecular flexibility index (Phi) is 40.2. The van der Waals surface area contributed by atoms with E-state index in [0.717, 1.165) is 64.2 Å². The summed E-state index contributed by atoms with van der Waals surface area (Å²) in [5.41, 5.74) is 5.34. The molecule has 11 nitrogen and oxygen atoms in total. The Morgan fingerprint density at radius 1 is 0.517 bits per heavy atom. The van der Waals surface area contributed by atoms with Crippen LogP contribution in [0.15, 0.2) is 24.3 Å². The van der Waals surface area contributed by atoms with Crippen LogP contribution in [0.3, 0.4) is 0 Å². The minimum atomic E-state index is -4.72. The summed E-state index contributed by atoms with van der Waals surface area (Å²) >= 11 is 0. The van der Waals surface area contributed by atoms with Gasteiger partial charge in [-0.1, -0.05) is 167 Å². The zero-order chi connectivity index (χ0) is 42.8. The lowest BCUT2D eigenvalue weighted by atomic mass is 10.1. The van der Waals surface area contributed by atoms with Gasteiger partial charge >= 0.3 is 25.7 Å². The Hall–Kier alpha value is -2.04. The quantitative estimate of drug-likeness (QED) is 0.0231. The van der Waals surface area contributed by atoms with E-state index in [2.05, 4.69) is 42.7 Å². The Morgan fingerprint density at radius 3 is 1.26 bits per heavy atom. The molecule has 0 bridgehead atoms. The Bertz CT molecular complexity index is 1080. The first kappa shape index (κ1) is 56.0. The minimum Gasteiger partial charge on any atom is -0.480 e. The molecule has 0 aliphatic heterocycles. The average Bonchev–Trinajstić information content (AvgIpc) is 3.20. The third kappa shape index (κ3) is 40.7. The molecule has 0 spiro atoms. The number of hydrogen-bond donors (Lipinski definition) is 3. The van der Waals surface area contributed by atoms with Crippen molar-refractivity contribution < 1.29 is 47.5 Å². The first-order valence-electron chi connectivity index (χ1n) is 23.4. The molecule has 0 saturated carbocycles. The van der Waals surface area contributed by atoms with Crippen LogP contribution in [-0.2, 0) is 37.5 Å². The van der Waals surface area contributed by atoms with Gasteiger partial charge in [-0.15, -0.1) is 0 Å². The van der Waals surface area contributed by atoms with Crippen molar-refractivity contribution in [1.29, 1.82) is 0 Å². The molecule has 0 fully saturated rings. The van der Waals surface area contributed by atoms with Gasteiger partial charge < -0.3 is 25.2 Å². The maximum absolute atomic E-state index is 12.6. The smallest absolute Gasteiger partial charge is 0.472 e. The zero-order valence-electron chi connectivity index (χ0n) is 36.9. The van der Waals surface area contributed by atoms with Crippen LogP contribution in [0.25, 0.3) is 0 Å². The SMILES string of the molecule is CCCCCCCCC/C=C\CCCCCCCCCC(=O)OC(COC(=O)CCCCCCC/C=C\CCCCCCCCC)COP(=O)(O)OCC(N)C(=O)O. The first-order valence-corrected chi connectivity index (χ1v) is 24.9. The number of carboxylic acid groups (broad SMARTS) is 1. The minimum absolute atomic E-state index is 0.156. The van der Waals surface area contributed by atoms with Crippen LogP contribution in [0.1, 0.15) is 219 Å². The van der Waals surface area contributed by atoms with Gasteiger partial charge in [0, 0.05) is 12.8 Å². The van der Waals surface area contributed by atoms with Crippen LogP contribution in [0.2, 0.25) is 0 Å². The normalized spacial score (nSPS) is 13.9. The summed E-state index contributed by atoms with van der Waals surface area (Å²) in [5, 5.41) is 8.90. The third-order valence-corrected chi connectivity index (χ3v) is 11.1. The molecule has 3 unspecified atom stereocenters. The third-order valence-electron chi connectivity index (χ3n) is 10.2. The van der Waals surface area contributed by atoms with Crippen LogP contribution in [0, 0.1) is 0 Å². The topological polar surface area (TPSA) is 172 Å². The van der Waals surface area contributed by atoms with E-state index >= 15 is 0 Å². The van der Waals surface area contributed by atoms with E-state index < -0.39 is 51.1 Å². The molecule has 340 valence electrons. The van der Waals surface area contributed by atoms with E-state index in [0.29, 0.717) is 12.8 Å². The fraction of sp³-hybridized carbons (Fsp3) is 0.848. The van der Waals surface area contributed by atoms with Gasteiger partial charge in [0.1, 0.15) is 12.6 Å². The van der Waals surface area contributed by atoms with Gasteiger partial charge in [-0.25, -0.2) is 4.57 Å². The maximum Gasteiger partial charge on any atom is 0.472 e. The van der Waals surface area contributed by atoms with Crippen molar-refractivity contribution in [3.63, 3.8) is 0 Å². The Labute approximate surface area is 353 Å². The average molecular weight is 844 g/mol. The highest BCUT2D eigenvalue weighted by molar-refractivity contribution is 7.47. The Morgan fingerprint density at radius 2 is 0.862 bits per heavy atom. The highest BCUT2D eigenvalue weighted by Crippen LogP contribution is 2.43. The van der Waals surface area contributed by atoms with Gasteiger partial charge in [-0.2, -0.15) is 0 Å². The van der Waals surface area contributed by atoms with Crippen molar-refractivity contribution in [2.24, 2.45) is 5.73 Å². The number of unbranched alkanes of at least 4 members (excludes halogenated alkanes) is 26. The van der Waals surface area contributed by atoms with Crippen molar-refractivity contribution in [2.45, 2.75) is 231 Å². The number of carbonyl (C=O) groups is 3.